The first-order valence-corrected chi connectivity index (χ1v) is 8.71. The van der Waals surface area contributed by atoms with Gasteiger partial charge in [0.1, 0.15) is 0 Å². The Labute approximate surface area is 136 Å². The molecule has 1 unspecified atom stereocenters. The van der Waals surface area contributed by atoms with Crippen LogP contribution in [0.5, 0.6) is 0 Å². The predicted octanol–water partition coefficient (Wildman–Crippen LogP) is 4.27. The summed E-state index contributed by atoms with van der Waals surface area (Å²) < 4.78 is 5.82. The smallest absolute Gasteiger partial charge is 0.0678 e. The molecule has 1 saturated heterocycles. The minimum Gasteiger partial charge on any atom is -0.373 e. The average molecular weight is 303 g/mol. The highest BCUT2D eigenvalue weighted by Gasteiger charge is 2.23. The molecule has 3 atom stereocenters. The lowest BCUT2D eigenvalue weighted by Gasteiger charge is -2.36. The van der Waals surface area contributed by atoms with Crippen LogP contribution in [0, 0.1) is 5.92 Å². The van der Waals surface area contributed by atoms with Gasteiger partial charge >= 0.3 is 0 Å². The highest BCUT2D eigenvalue weighted by Crippen LogP contribution is 2.23. The summed E-state index contributed by atoms with van der Waals surface area (Å²) in [6.07, 6.45) is 1.88. The average Bonchev–Trinajstić information content (AvgIpc) is 2.36. The van der Waals surface area contributed by atoms with Crippen molar-refractivity contribution in [2.75, 3.05) is 19.6 Å². The Morgan fingerprint density at radius 1 is 1.09 bits per heavy atom. The van der Waals surface area contributed by atoms with Crippen molar-refractivity contribution in [1.82, 2.24) is 4.90 Å². The number of benzene rings is 1. The van der Waals surface area contributed by atoms with E-state index in [1.807, 2.05) is 0 Å². The normalized spacial score (nSPS) is 25.2. The molecule has 22 heavy (non-hydrogen) atoms. The fraction of sp³-hybridized carbons (Fsp3) is 0.700. The van der Waals surface area contributed by atoms with Gasteiger partial charge in [-0.15, -0.1) is 0 Å². The molecule has 0 N–H and O–H groups in total. The maximum absolute atomic E-state index is 5.82. The first kappa shape index (κ1) is 17.5. The lowest BCUT2D eigenvalue weighted by atomic mass is 9.86. The number of ether oxygens (including phenoxy) is 1. The first-order valence-electron chi connectivity index (χ1n) is 8.71. The van der Waals surface area contributed by atoms with Crippen molar-refractivity contribution in [1.29, 1.82) is 0 Å². The molecule has 0 spiro atoms. The lowest BCUT2D eigenvalue weighted by molar-refractivity contribution is -0.0708. The molecule has 124 valence electrons. The second-order valence-corrected chi connectivity index (χ2v) is 8.23. The van der Waals surface area contributed by atoms with Crippen LogP contribution in [0.25, 0.3) is 0 Å². The lowest BCUT2D eigenvalue weighted by Crippen LogP contribution is -2.47. The maximum Gasteiger partial charge on any atom is 0.0678 e. The fourth-order valence-corrected chi connectivity index (χ4v) is 3.48. The summed E-state index contributed by atoms with van der Waals surface area (Å²) in [4.78, 5) is 2.56. The first-order chi connectivity index (χ1) is 10.2. The second kappa shape index (κ2) is 7.14. The summed E-state index contributed by atoms with van der Waals surface area (Å²) in [7, 11) is 0. The number of rotatable bonds is 4. The van der Waals surface area contributed by atoms with Crippen LogP contribution in [-0.4, -0.2) is 36.7 Å². The number of hydrogen-bond acceptors (Lipinski definition) is 2. The molecule has 1 aliphatic rings. The molecule has 0 aliphatic carbocycles. The maximum atomic E-state index is 5.82. The van der Waals surface area contributed by atoms with Gasteiger partial charge in [0, 0.05) is 19.6 Å². The van der Waals surface area contributed by atoms with E-state index in [-0.39, 0.29) is 5.41 Å². The molecule has 0 saturated carbocycles. The summed E-state index contributed by atoms with van der Waals surface area (Å²) in [5, 5.41) is 0. The van der Waals surface area contributed by atoms with E-state index in [0.717, 1.165) is 19.5 Å². The van der Waals surface area contributed by atoms with Crippen LogP contribution in [0.15, 0.2) is 24.3 Å². The summed E-state index contributed by atoms with van der Waals surface area (Å²) in [6, 6.07) is 9.20. The van der Waals surface area contributed by atoms with Crippen molar-refractivity contribution in [2.45, 2.75) is 65.6 Å². The molecule has 2 heteroatoms. The standard InChI is InChI=1S/C20H33NO/c1-15(12-21-13-16(2)22-17(3)14-21)11-18-7-9-19(10-8-18)20(4,5)6/h7-10,15-17H,11-14H2,1-6H3/t15?,16-,17-/m0/s1. The van der Waals surface area contributed by atoms with Gasteiger partial charge in [-0.05, 0) is 42.7 Å². The third-order valence-electron chi connectivity index (χ3n) is 4.47. The SMILES string of the molecule is CC(Cc1ccc(C(C)(C)C)cc1)CN1C[C@H](C)O[C@@H](C)C1. The molecule has 0 radical (unpaired) electrons. The Morgan fingerprint density at radius 3 is 2.14 bits per heavy atom. The van der Waals surface area contributed by atoms with Crippen LogP contribution in [0.4, 0.5) is 0 Å². The quantitative estimate of drug-likeness (QED) is 0.823. The second-order valence-electron chi connectivity index (χ2n) is 8.23. The molecule has 2 rings (SSSR count). The van der Waals surface area contributed by atoms with E-state index in [1.165, 1.54) is 17.7 Å². The van der Waals surface area contributed by atoms with Gasteiger partial charge in [0.05, 0.1) is 12.2 Å². The topological polar surface area (TPSA) is 12.5 Å². The van der Waals surface area contributed by atoms with Gasteiger partial charge in [-0.1, -0.05) is 52.0 Å². The van der Waals surface area contributed by atoms with Gasteiger partial charge in [-0.25, -0.2) is 0 Å². The Hall–Kier alpha value is -0.860. The third kappa shape index (κ3) is 5.10. The predicted molar refractivity (Wildman–Crippen MR) is 94.5 cm³/mol. The van der Waals surface area contributed by atoms with Crippen molar-refractivity contribution in [3.8, 4) is 0 Å². The monoisotopic (exact) mass is 303 g/mol. The molecule has 1 aromatic carbocycles. The van der Waals surface area contributed by atoms with Crippen LogP contribution in [0.1, 0.15) is 52.7 Å². The Kier molecular flexibility index (Phi) is 5.68. The van der Waals surface area contributed by atoms with Gasteiger partial charge in [-0.2, -0.15) is 0 Å². The van der Waals surface area contributed by atoms with Crippen molar-refractivity contribution in [3.05, 3.63) is 35.4 Å². The molecule has 1 aliphatic heterocycles. The Morgan fingerprint density at radius 2 is 1.64 bits per heavy atom. The van der Waals surface area contributed by atoms with E-state index in [9.17, 15) is 0 Å². The van der Waals surface area contributed by atoms with Crippen molar-refractivity contribution in [3.63, 3.8) is 0 Å². The molecule has 0 bridgehead atoms. The van der Waals surface area contributed by atoms with E-state index in [2.05, 4.69) is 70.7 Å². The zero-order valence-electron chi connectivity index (χ0n) is 15.2. The van der Waals surface area contributed by atoms with Gasteiger partial charge < -0.3 is 4.74 Å². The highest BCUT2D eigenvalue weighted by molar-refractivity contribution is 5.27. The van der Waals surface area contributed by atoms with Crippen LogP contribution >= 0.6 is 0 Å². The van der Waals surface area contributed by atoms with Gasteiger partial charge in [0.15, 0.2) is 0 Å². The minimum atomic E-state index is 0.240. The van der Waals surface area contributed by atoms with Gasteiger partial charge in [0.2, 0.25) is 0 Å². The molecular weight excluding hydrogens is 270 g/mol. The van der Waals surface area contributed by atoms with E-state index >= 15 is 0 Å². The molecule has 1 aromatic rings. The van der Waals surface area contributed by atoms with E-state index in [4.69, 9.17) is 4.74 Å². The number of nitrogens with zero attached hydrogens (tertiary/aromatic N) is 1. The zero-order chi connectivity index (χ0) is 16.3. The van der Waals surface area contributed by atoms with Crippen LogP contribution in [-0.2, 0) is 16.6 Å². The summed E-state index contributed by atoms with van der Waals surface area (Å²) in [5.41, 5.74) is 3.11. The van der Waals surface area contributed by atoms with Gasteiger partial charge in [0.25, 0.3) is 0 Å². The Bertz CT molecular complexity index is 450. The number of hydrogen-bond donors (Lipinski definition) is 0. The van der Waals surface area contributed by atoms with Crippen molar-refractivity contribution in [2.24, 2.45) is 5.92 Å². The summed E-state index contributed by atoms with van der Waals surface area (Å²) in [5.74, 6) is 0.679. The molecule has 1 fully saturated rings. The Balaban J connectivity index is 1.87. The molecular formula is C20H33NO. The minimum absolute atomic E-state index is 0.240. The third-order valence-corrected chi connectivity index (χ3v) is 4.47. The number of morpholine rings is 1. The van der Waals surface area contributed by atoms with Crippen LogP contribution in [0.2, 0.25) is 0 Å². The highest BCUT2D eigenvalue weighted by atomic mass is 16.5. The molecule has 2 nitrogen and oxygen atoms in total. The summed E-state index contributed by atoms with van der Waals surface area (Å²) in [6.45, 7) is 16.8. The molecule has 0 amide bonds. The molecule has 0 aromatic heterocycles. The van der Waals surface area contributed by atoms with Crippen LogP contribution in [0.3, 0.4) is 0 Å². The van der Waals surface area contributed by atoms with E-state index in [0.29, 0.717) is 18.1 Å². The van der Waals surface area contributed by atoms with Crippen molar-refractivity contribution >= 4 is 0 Å². The van der Waals surface area contributed by atoms with Crippen LogP contribution < -0.4 is 0 Å². The van der Waals surface area contributed by atoms with Gasteiger partial charge in [-0.3, -0.25) is 4.90 Å². The summed E-state index contributed by atoms with van der Waals surface area (Å²) >= 11 is 0. The van der Waals surface area contributed by atoms with Crippen molar-refractivity contribution < 1.29 is 4.74 Å². The zero-order valence-corrected chi connectivity index (χ0v) is 15.2. The molecule has 1 heterocycles. The van der Waals surface area contributed by atoms with E-state index < -0.39 is 0 Å². The fourth-order valence-electron chi connectivity index (χ4n) is 3.48. The largest absolute Gasteiger partial charge is 0.373 e. The van der Waals surface area contributed by atoms with E-state index in [1.54, 1.807) is 0 Å².